The summed E-state index contributed by atoms with van der Waals surface area (Å²) >= 11 is 0. The number of nitrogens with one attached hydrogen (secondary N) is 2. The molecular weight excluding hydrogens is 711 g/mol. The van der Waals surface area contributed by atoms with Crippen molar-refractivity contribution in [3.8, 4) is 11.1 Å². The van der Waals surface area contributed by atoms with Crippen molar-refractivity contribution < 1.29 is 47.0 Å². The smallest absolute Gasteiger partial charge is 0.344 e. The van der Waals surface area contributed by atoms with Gasteiger partial charge in [0, 0.05) is 19.4 Å². The summed E-state index contributed by atoms with van der Waals surface area (Å²) in [5.74, 6) is -1.55. The molecule has 2 N–H and O–H groups in total. The lowest BCUT2D eigenvalue weighted by Crippen LogP contribution is -2.47. The molecule has 2 saturated carbocycles. The molecule has 1 unspecified atom stereocenters. The first kappa shape index (κ1) is 43.2. The topological polar surface area (TPSA) is 156 Å². The zero-order valence-electron chi connectivity index (χ0n) is 32.2. The van der Waals surface area contributed by atoms with Crippen LogP contribution in [0.1, 0.15) is 110 Å². The maximum Gasteiger partial charge on any atom is 0.344 e. The zero-order valence-corrected chi connectivity index (χ0v) is 33.1. The van der Waals surface area contributed by atoms with Crippen LogP contribution in [-0.2, 0) is 53.4 Å². The van der Waals surface area contributed by atoms with Gasteiger partial charge in [0.25, 0.3) is 0 Å². The highest BCUT2D eigenvalue weighted by Gasteiger charge is 2.43. The van der Waals surface area contributed by atoms with Crippen LogP contribution in [0.3, 0.4) is 0 Å². The van der Waals surface area contributed by atoms with Crippen LogP contribution in [-0.4, -0.2) is 73.7 Å². The Labute approximate surface area is 320 Å². The van der Waals surface area contributed by atoms with Crippen molar-refractivity contribution in [2.45, 2.75) is 128 Å². The Kier molecular flexibility index (Phi) is 17.2. The third-order valence-electron chi connectivity index (χ3n) is 10.1. The van der Waals surface area contributed by atoms with Crippen LogP contribution in [0, 0.1) is 0 Å². The van der Waals surface area contributed by atoms with Crippen LogP contribution >= 0.6 is 7.60 Å². The minimum absolute atomic E-state index is 0.0000857. The number of carbonyl (C=O) groups is 4. The van der Waals surface area contributed by atoms with Crippen molar-refractivity contribution in [3.63, 3.8) is 0 Å². The number of esters is 3. The lowest BCUT2D eigenvalue weighted by atomic mass is 9.85. The number of hydrogen-bond acceptors (Lipinski definition) is 11. The summed E-state index contributed by atoms with van der Waals surface area (Å²) in [5.41, 5.74) is 1.03. The monoisotopic (exact) mass is 770 g/mol. The standard InChI is InChI=1S/C41H59N2O10P/c1-4-36(44)52-40(23-12-8-13-24-40)29-50-54(48,51-30-41(53-37(45)5-2)25-14-9-15-26-41)31-43-35(39(47)42-27-22-38(46)49-6-3)28-32-18-20-34(21-19-32)33-16-10-7-11-17-33/h7,10-11,16-21,35,43H,4-6,8-9,12-15,22-31H2,1-3H3,(H,42,47). The van der Waals surface area contributed by atoms with Gasteiger partial charge in [-0.3, -0.25) is 29.1 Å². The molecule has 54 heavy (non-hydrogen) atoms. The van der Waals surface area contributed by atoms with Crippen molar-refractivity contribution in [1.29, 1.82) is 0 Å². The summed E-state index contributed by atoms with van der Waals surface area (Å²) in [5, 5.41) is 5.98. The van der Waals surface area contributed by atoms with Crippen LogP contribution < -0.4 is 10.6 Å². The van der Waals surface area contributed by atoms with Gasteiger partial charge in [0.15, 0.2) is 0 Å². The normalized spacial score (nSPS) is 17.2. The SMILES string of the molecule is CCOC(=O)CCNC(=O)C(Cc1ccc(-c2ccccc2)cc1)NCP(=O)(OCC1(OC(=O)CC)CCCCC1)OCC1(OC(=O)CC)CCCCC1. The number of ether oxygens (including phenoxy) is 3. The first-order valence-electron chi connectivity index (χ1n) is 19.6. The van der Waals surface area contributed by atoms with Crippen molar-refractivity contribution in [1.82, 2.24) is 10.6 Å². The summed E-state index contributed by atoms with van der Waals surface area (Å²) in [6.45, 7) is 5.19. The fourth-order valence-electron chi connectivity index (χ4n) is 6.96. The first-order valence-corrected chi connectivity index (χ1v) is 21.4. The molecule has 298 valence electrons. The molecule has 0 bridgehead atoms. The van der Waals surface area contributed by atoms with E-state index >= 15 is 0 Å². The fourth-order valence-corrected chi connectivity index (χ4v) is 8.52. The molecule has 2 aliphatic carbocycles. The number of carbonyl (C=O) groups excluding carboxylic acids is 4. The van der Waals surface area contributed by atoms with Gasteiger partial charge in [0.05, 0.1) is 38.6 Å². The molecule has 2 aliphatic rings. The summed E-state index contributed by atoms with van der Waals surface area (Å²) in [4.78, 5) is 50.8. The van der Waals surface area contributed by atoms with E-state index in [2.05, 4.69) is 10.6 Å². The molecule has 0 heterocycles. The molecule has 0 aromatic heterocycles. The molecule has 1 amide bonds. The lowest BCUT2D eigenvalue weighted by molar-refractivity contribution is -0.168. The second kappa shape index (κ2) is 21.5. The van der Waals surface area contributed by atoms with Gasteiger partial charge in [0.1, 0.15) is 11.2 Å². The van der Waals surface area contributed by atoms with Crippen molar-refractivity contribution in [3.05, 3.63) is 60.2 Å². The summed E-state index contributed by atoms with van der Waals surface area (Å²) in [6, 6.07) is 16.9. The van der Waals surface area contributed by atoms with E-state index in [1.54, 1.807) is 20.8 Å². The third kappa shape index (κ3) is 13.6. The zero-order chi connectivity index (χ0) is 38.9. The minimum Gasteiger partial charge on any atom is -0.466 e. The molecule has 2 aromatic rings. The van der Waals surface area contributed by atoms with Gasteiger partial charge in [0.2, 0.25) is 5.91 Å². The van der Waals surface area contributed by atoms with Crippen LogP contribution in [0.4, 0.5) is 0 Å². The molecule has 0 aliphatic heterocycles. The summed E-state index contributed by atoms with van der Waals surface area (Å²) < 4.78 is 44.2. The van der Waals surface area contributed by atoms with E-state index in [1.165, 1.54) is 0 Å². The van der Waals surface area contributed by atoms with E-state index < -0.39 is 36.7 Å². The lowest BCUT2D eigenvalue weighted by Gasteiger charge is -2.39. The van der Waals surface area contributed by atoms with E-state index in [1.807, 2.05) is 54.6 Å². The molecule has 0 radical (unpaired) electrons. The molecule has 0 spiro atoms. The largest absolute Gasteiger partial charge is 0.466 e. The van der Waals surface area contributed by atoms with E-state index in [4.69, 9.17) is 23.3 Å². The van der Waals surface area contributed by atoms with Crippen molar-refractivity contribution >= 4 is 31.4 Å². The number of benzene rings is 2. The van der Waals surface area contributed by atoms with Gasteiger partial charge >= 0.3 is 25.5 Å². The second-order valence-corrected chi connectivity index (χ2v) is 16.4. The van der Waals surface area contributed by atoms with Crippen LogP contribution in [0.2, 0.25) is 0 Å². The quantitative estimate of drug-likeness (QED) is 0.0740. The molecule has 2 aromatic carbocycles. The highest BCUT2D eigenvalue weighted by Crippen LogP contribution is 2.51. The molecule has 2 fully saturated rings. The van der Waals surface area contributed by atoms with Gasteiger partial charge in [-0.1, -0.05) is 81.3 Å². The maximum absolute atomic E-state index is 14.9. The summed E-state index contributed by atoms with van der Waals surface area (Å²) in [6.07, 6.45) is 7.84. The van der Waals surface area contributed by atoms with E-state index in [-0.39, 0.29) is 70.3 Å². The highest BCUT2D eigenvalue weighted by molar-refractivity contribution is 7.53. The second-order valence-electron chi connectivity index (χ2n) is 14.3. The van der Waals surface area contributed by atoms with Crippen LogP contribution in [0.15, 0.2) is 54.6 Å². The molecular formula is C41H59N2O10P. The average Bonchev–Trinajstić information content (AvgIpc) is 3.19. The van der Waals surface area contributed by atoms with E-state index in [9.17, 15) is 23.7 Å². The van der Waals surface area contributed by atoms with Crippen molar-refractivity contribution in [2.75, 3.05) is 32.7 Å². The van der Waals surface area contributed by atoms with Gasteiger partial charge in [-0.2, -0.15) is 0 Å². The molecule has 1 atom stereocenters. The number of rotatable bonds is 21. The maximum atomic E-state index is 14.9. The van der Waals surface area contributed by atoms with Crippen molar-refractivity contribution in [2.24, 2.45) is 0 Å². The summed E-state index contributed by atoms with van der Waals surface area (Å²) in [7, 11) is -4.09. The number of hydrogen-bond donors (Lipinski definition) is 2. The minimum atomic E-state index is -4.09. The van der Waals surface area contributed by atoms with Gasteiger partial charge in [-0.25, -0.2) is 0 Å². The van der Waals surface area contributed by atoms with Gasteiger partial charge in [-0.05, 0) is 81.4 Å². The fraction of sp³-hybridized carbons (Fsp3) is 0.610. The molecule has 13 heteroatoms. The average molecular weight is 771 g/mol. The Morgan fingerprint density at radius 3 is 1.72 bits per heavy atom. The van der Waals surface area contributed by atoms with E-state index in [0.29, 0.717) is 25.7 Å². The predicted octanol–water partition coefficient (Wildman–Crippen LogP) is 7.42. The predicted molar refractivity (Wildman–Crippen MR) is 206 cm³/mol. The Hall–Kier alpha value is -3.57. The highest BCUT2D eigenvalue weighted by atomic mass is 31.2. The van der Waals surface area contributed by atoms with Gasteiger partial charge < -0.3 is 28.6 Å². The Morgan fingerprint density at radius 1 is 0.704 bits per heavy atom. The Bertz CT molecular complexity index is 1490. The number of amides is 1. The van der Waals surface area contributed by atoms with Crippen LogP contribution in [0.5, 0.6) is 0 Å². The molecule has 4 rings (SSSR count). The molecule has 12 nitrogen and oxygen atoms in total. The molecule has 0 saturated heterocycles. The van der Waals surface area contributed by atoms with E-state index in [0.717, 1.165) is 55.2 Å². The Balaban J connectivity index is 1.58. The van der Waals surface area contributed by atoms with Gasteiger partial charge in [-0.15, -0.1) is 0 Å². The van der Waals surface area contributed by atoms with Crippen LogP contribution in [0.25, 0.3) is 11.1 Å². The third-order valence-corrected chi connectivity index (χ3v) is 11.7. The first-order chi connectivity index (χ1) is 26.0. The Morgan fingerprint density at radius 2 is 1.22 bits per heavy atom.